The van der Waals surface area contributed by atoms with E-state index in [2.05, 4.69) is 5.32 Å². The van der Waals surface area contributed by atoms with Crippen LogP contribution in [0.5, 0.6) is 0 Å². The van der Waals surface area contributed by atoms with Gasteiger partial charge in [0.15, 0.2) is 6.61 Å². The Balaban J connectivity index is 2.02. The van der Waals surface area contributed by atoms with E-state index >= 15 is 0 Å². The maximum atomic E-state index is 11.8. The Morgan fingerprint density at radius 1 is 1.35 bits per heavy atom. The van der Waals surface area contributed by atoms with Gasteiger partial charge in [0, 0.05) is 0 Å². The summed E-state index contributed by atoms with van der Waals surface area (Å²) in [7, 11) is -3.97. The highest BCUT2D eigenvalue weighted by Gasteiger charge is 2.40. The third-order valence-corrected chi connectivity index (χ3v) is 4.86. The van der Waals surface area contributed by atoms with Crippen molar-refractivity contribution < 1.29 is 22.7 Å². The molecule has 1 saturated carbocycles. The molecule has 1 fully saturated rings. The van der Waals surface area contributed by atoms with Crippen LogP contribution in [0.3, 0.4) is 0 Å². The summed E-state index contributed by atoms with van der Waals surface area (Å²) < 4.78 is 27.4. The number of nitrogens with one attached hydrogen (secondary N) is 1. The summed E-state index contributed by atoms with van der Waals surface area (Å²) in [5, 5.41) is 7.15. The molecule has 0 heterocycles. The quantitative estimate of drug-likeness (QED) is 0.755. The maximum Gasteiger partial charge on any atom is 0.309 e. The van der Waals surface area contributed by atoms with Crippen molar-refractivity contribution in [3.8, 4) is 0 Å². The van der Waals surface area contributed by atoms with Gasteiger partial charge in [0.05, 0.1) is 26.5 Å². The summed E-state index contributed by atoms with van der Waals surface area (Å²) >= 11 is 11.8. The molecule has 126 valence electrons. The van der Waals surface area contributed by atoms with Crippen molar-refractivity contribution in [2.24, 2.45) is 17.0 Å². The molecule has 2 atom stereocenters. The molecule has 1 aromatic carbocycles. The van der Waals surface area contributed by atoms with E-state index in [1.807, 2.05) is 6.92 Å². The van der Waals surface area contributed by atoms with Crippen molar-refractivity contribution in [3.05, 3.63) is 22.2 Å². The minimum absolute atomic E-state index is 0.0153. The molecule has 0 aliphatic heterocycles. The van der Waals surface area contributed by atoms with Crippen molar-refractivity contribution >= 4 is 50.8 Å². The molecule has 2 unspecified atom stereocenters. The molecule has 0 saturated heterocycles. The Morgan fingerprint density at radius 3 is 2.30 bits per heavy atom. The molecule has 0 aromatic heterocycles. The van der Waals surface area contributed by atoms with Gasteiger partial charge >= 0.3 is 5.97 Å². The fourth-order valence-corrected chi connectivity index (χ4v) is 3.18. The van der Waals surface area contributed by atoms with Crippen LogP contribution in [0.4, 0.5) is 5.69 Å². The molecular weight excluding hydrogens is 367 g/mol. The lowest BCUT2D eigenvalue weighted by atomic mass is 10.3. The van der Waals surface area contributed by atoms with Gasteiger partial charge in [-0.25, -0.2) is 13.6 Å². The third-order valence-electron chi connectivity index (χ3n) is 3.37. The van der Waals surface area contributed by atoms with Crippen LogP contribution in [-0.2, 0) is 24.3 Å². The molecule has 1 aliphatic rings. The fourth-order valence-electron chi connectivity index (χ4n) is 1.90. The van der Waals surface area contributed by atoms with Crippen molar-refractivity contribution in [2.75, 3.05) is 11.9 Å². The van der Waals surface area contributed by atoms with Crippen LogP contribution < -0.4 is 10.5 Å². The second-order valence-electron chi connectivity index (χ2n) is 5.28. The van der Waals surface area contributed by atoms with Crippen LogP contribution in [0.25, 0.3) is 0 Å². The third kappa shape index (κ3) is 4.57. The van der Waals surface area contributed by atoms with Gasteiger partial charge in [0.2, 0.25) is 10.0 Å². The van der Waals surface area contributed by atoms with Gasteiger partial charge in [-0.3, -0.25) is 9.59 Å². The van der Waals surface area contributed by atoms with Crippen LogP contribution in [0.1, 0.15) is 13.3 Å². The minimum Gasteiger partial charge on any atom is -0.455 e. The van der Waals surface area contributed by atoms with Gasteiger partial charge in [-0.05, 0) is 24.5 Å². The SMILES string of the molecule is CC1CC1C(=O)OCC(=O)Nc1c(Cl)cc(S(N)(=O)=O)cc1Cl. The molecule has 1 amide bonds. The number of halogens is 2. The number of sulfonamides is 1. The normalized spacial score (nSPS) is 20.0. The predicted octanol–water partition coefficient (Wildman–Crippen LogP) is 1.78. The fraction of sp³-hybridized carbons (Fsp3) is 0.385. The number of esters is 1. The van der Waals surface area contributed by atoms with E-state index in [1.54, 1.807) is 0 Å². The van der Waals surface area contributed by atoms with E-state index in [1.165, 1.54) is 0 Å². The van der Waals surface area contributed by atoms with Gasteiger partial charge in [0.25, 0.3) is 5.91 Å². The van der Waals surface area contributed by atoms with E-state index in [-0.39, 0.29) is 32.5 Å². The zero-order chi connectivity index (χ0) is 17.4. The number of benzene rings is 1. The van der Waals surface area contributed by atoms with Crippen LogP contribution in [0.2, 0.25) is 10.0 Å². The first-order valence-corrected chi connectivity index (χ1v) is 8.88. The predicted molar refractivity (Wildman–Crippen MR) is 84.7 cm³/mol. The second kappa shape index (κ2) is 6.64. The summed E-state index contributed by atoms with van der Waals surface area (Å²) in [5.41, 5.74) is 0.0153. The molecule has 23 heavy (non-hydrogen) atoms. The summed E-state index contributed by atoms with van der Waals surface area (Å²) in [6.45, 7) is 1.43. The standard InChI is InChI=1S/C13H14Cl2N2O5S/c1-6-2-8(6)13(19)22-5-11(18)17-12-9(14)3-7(4-10(12)15)23(16,20)21/h3-4,6,8H,2,5H2,1H3,(H,17,18)(H2,16,20,21). The largest absolute Gasteiger partial charge is 0.455 e. The molecule has 0 bridgehead atoms. The molecule has 0 spiro atoms. The van der Waals surface area contributed by atoms with Crippen LogP contribution in [-0.4, -0.2) is 26.9 Å². The first-order chi connectivity index (χ1) is 10.6. The molecule has 3 N–H and O–H groups in total. The first-order valence-electron chi connectivity index (χ1n) is 6.58. The summed E-state index contributed by atoms with van der Waals surface area (Å²) in [4.78, 5) is 23.0. The summed E-state index contributed by atoms with van der Waals surface area (Å²) in [6.07, 6.45) is 0.757. The van der Waals surface area contributed by atoms with Crippen molar-refractivity contribution in [3.63, 3.8) is 0 Å². The number of hydrogen-bond donors (Lipinski definition) is 2. The maximum absolute atomic E-state index is 11.8. The van der Waals surface area contributed by atoms with Gasteiger partial charge in [-0.1, -0.05) is 30.1 Å². The lowest BCUT2D eigenvalue weighted by molar-refractivity contribution is -0.148. The van der Waals surface area contributed by atoms with E-state index in [9.17, 15) is 18.0 Å². The highest BCUT2D eigenvalue weighted by atomic mass is 35.5. The summed E-state index contributed by atoms with van der Waals surface area (Å²) in [5.74, 6) is -0.933. The lowest BCUT2D eigenvalue weighted by Gasteiger charge is -2.11. The smallest absolute Gasteiger partial charge is 0.309 e. The molecule has 0 radical (unpaired) electrons. The second-order valence-corrected chi connectivity index (χ2v) is 7.66. The average molecular weight is 381 g/mol. The molecule has 1 aromatic rings. The van der Waals surface area contributed by atoms with E-state index in [4.69, 9.17) is 33.1 Å². The Kier molecular flexibility index (Phi) is 5.20. The van der Waals surface area contributed by atoms with Crippen molar-refractivity contribution in [1.82, 2.24) is 0 Å². The Hall–Kier alpha value is -1.35. The zero-order valence-electron chi connectivity index (χ0n) is 12.0. The number of ether oxygens (including phenoxy) is 1. The number of carbonyl (C=O) groups excluding carboxylic acids is 2. The van der Waals surface area contributed by atoms with Gasteiger partial charge < -0.3 is 10.1 Å². The molecule has 2 rings (SSSR count). The van der Waals surface area contributed by atoms with Crippen molar-refractivity contribution in [1.29, 1.82) is 0 Å². The van der Waals surface area contributed by atoms with Crippen LogP contribution >= 0.6 is 23.2 Å². The Labute approximate surface area is 143 Å². The van der Waals surface area contributed by atoms with Gasteiger partial charge in [-0.15, -0.1) is 0 Å². The average Bonchev–Trinajstić information content (AvgIpc) is 3.16. The zero-order valence-corrected chi connectivity index (χ0v) is 14.3. The number of amides is 1. The number of anilines is 1. The number of hydrogen-bond acceptors (Lipinski definition) is 5. The van der Waals surface area contributed by atoms with Crippen molar-refractivity contribution in [2.45, 2.75) is 18.2 Å². The molecular formula is C13H14Cl2N2O5S. The van der Waals surface area contributed by atoms with Gasteiger partial charge in [0.1, 0.15) is 0 Å². The van der Waals surface area contributed by atoms with Gasteiger partial charge in [-0.2, -0.15) is 0 Å². The topological polar surface area (TPSA) is 116 Å². The first kappa shape index (κ1) is 18.0. The minimum atomic E-state index is -3.97. The van der Waals surface area contributed by atoms with Crippen LogP contribution in [0.15, 0.2) is 17.0 Å². The van der Waals surface area contributed by atoms with E-state index < -0.39 is 28.5 Å². The number of nitrogens with two attached hydrogens (primary N) is 1. The Morgan fingerprint density at radius 2 is 1.87 bits per heavy atom. The van der Waals surface area contributed by atoms with E-state index in [0.29, 0.717) is 0 Å². The molecule has 10 heteroatoms. The molecule has 7 nitrogen and oxygen atoms in total. The summed E-state index contributed by atoms with van der Waals surface area (Å²) in [6, 6.07) is 2.13. The lowest BCUT2D eigenvalue weighted by Crippen LogP contribution is -2.22. The van der Waals surface area contributed by atoms with E-state index in [0.717, 1.165) is 18.6 Å². The monoisotopic (exact) mass is 380 g/mol. The molecule has 1 aliphatic carbocycles. The highest BCUT2D eigenvalue weighted by Crippen LogP contribution is 2.38. The van der Waals surface area contributed by atoms with Crippen LogP contribution in [0, 0.1) is 11.8 Å². The number of primary sulfonamides is 1. The Bertz CT molecular complexity index is 743. The highest BCUT2D eigenvalue weighted by molar-refractivity contribution is 7.89. The number of rotatable bonds is 5. The number of carbonyl (C=O) groups is 2.